The summed E-state index contributed by atoms with van der Waals surface area (Å²) in [6.45, 7) is 3.02. The maximum atomic E-state index is 10.9. The molecule has 0 heterocycles. The topological polar surface area (TPSA) is 75.3 Å². The number of hydrogen-bond donors (Lipinski definition) is 2. The van der Waals surface area contributed by atoms with E-state index in [4.69, 9.17) is 0 Å². The van der Waals surface area contributed by atoms with E-state index in [-0.39, 0.29) is 30.7 Å². The Morgan fingerprint density at radius 2 is 1.54 bits per heavy atom. The van der Waals surface area contributed by atoms with Gasteiger partial charge in [-0.25, -0.2) is 0 Å². The zero-order valence-electron chi connectivity index (χ0n) is 7.85. The Hall–Kier alpha value is -1.39. The molecule has 5 nitrogen and oxygen atoms in total. The summed E-state index contributed by atoms with van der Waals surface area (Å²) in [4.78, 5) is 32.0. The number of nitrogens with one attached hydrogen (secondary N) is 2. The molecule has 0 aliphatic carbocycles. The number of ketones is 1. The van der Waals surface area contributed by atoms with Gasteiger partial charge in [0.25, 0.3) is 0 Å². The molecule has 74 valence electrons. The van der Waals surface area contributed by atoms with Crippen molar-refractivity contribution in [3.8, 4) is 0 Å². The summed E-state index contributed by atoms with van der Waals surface area (Å²) in [5.41, 5.74) is 0. The average Bonchev–Trinajstić information content (AvgIpc) is 2.10. The van der Waals surface area contributed by atoms with Crippen molar-refractivity contribution in [3.05, 3.63) is 0 Å². The summed E-state index contributed by atoms with van der Waals surface area (Å²) in [5, 5.41) is 4.75. The summed E-state index contributed by atoms with van der Waals surface area (Å²) in [5.74, 6) is -0.648. The third-order valence-corrected chi connectivity index (χ3v) is 1.30. The van der Waals surface area contributed by atoms with Crippen molar-refractivity contribution in [1.29, 1.82) is 0 Å². The van der Waals surface area contributed by atoms with Gasteiger partial charge in [-0.05, 0) is 6.92 Å². The number of carbonyl (C=O) groups excluding carboxylic acids is 3. The molecular weight excluding hydrogens is 172 g/mol. The molecule has 0 aliphatic heterocycles. The number of carbonyl (C=O) groups is 3. The van der Waals surface area contributed by atoms with E-state index in [1.165, 1.54) is 6.92 Å². The largest absolute Gasteiger partial charge is 0.348 e. The third kappa shape index (κ3) is 6.99. The maximum absolute atomic E-state index is 10.9. The Bertz CT molecular complexity index is 213. The Morgan fingerprint density at radius 3 is 2.00 bits per heavy atom. The van der Waals surface area contributed by atoms with Crippen molar-refractivity contribution in [2.75, 3.05) is 13.1 Å². The Labute approximate surface area is 76.9 Å². The lowest BCUT2D eigenvalue weighted by Gasteiger charge is -2.03. The predicted molar refractivity (Wildman–Crippen MR) is 47.0 cm³/mol. The summed E-state index contributed by atoms with van der Waals surface area (Å²) >= 11 is 0. The summed E-state index contributed by atoms with van der Waals surface area (Å²) in [6, 6.07) is 0. The molecule has 0 aromatic rings. The van der Waals surface area contributed by atoms with E-state index in [1.54, 1.807) is 6.92 Å². The molecule has 0 aromatic carbocycles. The van der Waals surface area contributed by atoms with Gasteiger partial charge < -0.3 is 10.6 Å². The van der Waals surface area contributed by atoms with Crippen molar-refractivity contribution in [2.24, 2.45) is 0 Å². The van der Waals surface area contributed by atoms with Crippen molar-refractivity contribution in [3.63, 3.8) is 0 Å². The van der Waals surface area contributed by atoms with Crippen LogP contribution in [0.2, 0.25) is 0 Å². The van der Waals surface area contributed by atoms with Gasteiger partial charge in [-0.2, -0.15) is 0 Å². The van der Waals surface area contributed by atoms with Crippen molar-refractivity contribution < 1.29 is 14.4 Å². The SMILES string of the molecule is CCC(=O)NCC(=O)NCC(C)=O. The normalized spacial score (nSPS) is 9.08. The first-order chi connectivity index (χ1) is 6.06. The third-order valence-electron chi connectivity index (χ3n) is 1.30. The van der Waals surface area contributed by atoms with Gasteiger partial charge in [-0.1, -0.05) is 6.92 Å². The minimum absolute atomic E-state index is 0.0147. The summed E-state index contributed by atoms with van der Waals surface area (Å²) < 4.78 is 0. The highest BCUT2D eigenvalue weighted by Gasteiger charge is 2.03. The fourth-order valence-electron chi connectivity index (χ4n) is 0.589. The van der Waals surface area contributed by atoms with Crippen molar-refractivity contribution in [2.45, 2.75) is 20.3 Å². The van der Waals surface area contributed by atoms with Gasteiger partial charge in [-0.15, -0.1) is 0 Å². The molecule has 0 aliphatic rings. The summed E-state index contributed by atoms with van der Waals surface area (Å²) in [7, 11) is 0. The fraction of sp³-hybridized carbons (Fsp3) is 0.625. The standard InChI is InChI=1S/C8H14N2O3/c1-3-7(12)10-5-8(13)9-4-6(2)11/h3-5H2,1-2H3,(H,9,13)(H,10,12). The lowest BCUT2D eigenvalue weighted by molar-refractivity contribution is -0.126. The Kier molecular flexibility index (Phi) is 5.50. The van der Waals surface area contributed by atoms with E-state index < -0.39 is 0 Å². The van der Waals surface area contributed by atoms with Crippen LogP contribution in [0.25, 0.3) is 0 Å². The molecule has 0 rings (SSSR count). The Balaban J connectivity index is 3.52. The zero-order valence-corrected chi connectivity index (χ0v) is 7.85. The molecule has 2 amide bonds. The molecule has 0 atom stereocenters. The highest BCUT2D eigenvalue weighted by molar-refractivity contribution is 5.87. The minimum atomic E-state index is -0.350. The van der Waals surface area contributed by atoms with Crippen LogP contribution in [0, 0.1) is 0 Å². The first-order valence-corrected chi connectivity index (χ1v) is 4.09. The van der Waals surface area contributed by atoms with Crippen LogP contribution in [0.4, 0.5) is 0 Å². The fourth-order valence-corrected chi connectivity index (χ4v) is 0.589. The van der Waals surface area contributed by atoms with Crippen LogP contribution in [-0.2, 0) is 14.4 Å². The average molecular weight is 186 g/mol. The first-order valence-electron chi connectivity index (χ1n) is 4.09. The predicted octanol–water partition coefficient (Wildman–Crippen LogP) is -0.782. The van der Waals surface area contributed by atoms with Crippen LogP contribution < -0.4 is 10.6 Å². The van der Waals surface area contributed by atoms with Crippen LogP contribution in [0.15, 0.2) is 0 Å². The molecule has 0 fully saturated rings. The molecule has 0 spiro atoms. The van der Waals surface area contributed by atoms with E-state index in [9.17, 15) is 14.4 Å². The van der Waals surface area contributed by atoms with Crippen LogP contribution in [0.1, 0.15) is 20.3 Å². The van der Waals surface area contributed by atoms with E-state index >= 15 is 0 Å². The molecule has 2 N–H and O–H groups in total. The highest BCUT2D eigenvalue weighted by atomic mass is 16.2. The number of Topliss-reactive ketones (excluding diaryl/α,β-unsaturated/α-hetero) is 1. The zero-order chi connectivity index (χ0) is 10.3. The minimum Gasteiger partial charge on any atom is -0.348 e. The smallest absolute Gasteiger partial charge is 0.239 e. The second-order valence-electron chi connectivity index (χ2n) is 2.61. The molecular formula is C8H14N2O3. The molecule has 0 bridgehead atoms. The van der Waals surface area contributed by atoms with E-state index in [2.05, 4.69) is 10.6 Å². The second kappa shape index (κ2) is 6.16. The number of hydrogen-bond acceptors (Lipinski definition) is 3. The quantitative estimate of drug-likeness (QED) is 0.591. The molecule has 0 saturated carbocycles. The van der Waals surface area contributed by atoms with Crippen LogP contribution in [0.3, 0.4) is 0 Å². The monoisotopic (exact) mass is 186 g/mol. The van der Waals surface area contributed by atoms with Crippen LogP contribution in [-0.4, -0.2) is 30.7 Å². The van der Waals surface area contributed by atoms with Crippen LogP contribution in [0.5, 0.6) is 0 Å². The molecule has 5 heteroatoms. The lowest BCUT2D eigenvalue weighted by Crippen LogP contribution is -2.38. The summed E-state index contributed by atoms with van der Waals surface area (Å²) in [6.07, 6.45) is 0.347. The van der Waals surface area contributed by atoms with Crippen LogP contribution >= 0.6 is 0 Å². The molecule has 0 unspecified atom stereocenters. The van der Waals surface area contributed by atoms with Gasteiger partial charge in [-0.3, -0.25) is 14.4 Å². The molecule has 13 heavy (non-hydrogen) atoms. The van der Waals surface area contributed by atoms with Gasteiger partial charge in [0, 0.05) is 6.42 Å². The first kappa shape index (κ1) is 11.6. The van der Waals surface area contributed by atoms with E-state index in [1.807, 2.05) is 0 Å². The number of rotatable bonds is 5. The maximum Gasteiger partial charge on any atom is 0.239 e. The van der Waals surface area contributed by atoms with Gasteiger partial charge >= 0.3 is 0 Å². The van der Waals surface area contributed by atoms with E-state index in [0.29, 0.717) is 6.42 Å². The van der Waals surface area contributed by atoms with Gasteiger partial charge in [0.2, 0.25) is 11.8 Å². The van der Waals surface area contributed by atoms with Crippen molar-refractivity contribution >= 4 is 17.6 Å². The van der Waals surface area contributed by atoms with Gasteiger partial charge in [0.15, 0.2) is 0 Å². The highest BCUT2D eigenvalue weighted by Crippen LogP contribution is 1.74. The molecule has 0 aromatic heterocycles. The lowest BCUT2D eigenvalue weighted by atomic mass is 10.4. The van der Waals surface area contributed by atoms with Gasteiger partial charge in [0.1, 0.15) is 5.78 Å². The van der Waals surface area contributed by atoms with E-state index in [0.717, 1.165) is 0 Å². The molecule has 0 radical (unpaired) electrons. The molecule has 0 saturated heterocycles. The van der Waals surface area contributed by atoms with Crippen molar-refractivity contribution in [1.82, 2.24) is 10.6 Å². The Morgan fingerprint density at radius 1 is 1.00 bits per heavy atom. The number of amides is 2. The van der Waals surface area contributed by atoms with Gasteiger partial charge in [0.05, 0.1) is 13.1 Å². The second-order valence-corrected chi connectivity index (χ2v) is 2.61.